The standard InChI is InChI=1S/C13H23BrN4O/c1-5-18(6-2)9-7-8-15-13(19)12-11(14)10(3)16-17(12)4/h5-9H2,1-4H3,(H,15,19). The zero-order valence-corrected chi connectivity index (χ0v) is 13.7. The Balaban J connectivity index is 2.44. The van der Waals surface area contributed by atoms with Gasteiger partial charge < -0.3 is 10.2 Å². The molecule has 19 heavy (non-hydrogen) atoms. The highest BCUT2D eigenvalue weighted by Crippen LogP contribution is 2.19. The van der Waals surface area contributed by atoms with E-state index in [9.17, 15) is 4.79 Å². The lowest BCUT2D eigenvalue weighted by molar-refractivity contribution is 0.0941. The molecule has 0 unspecified atom stereocenters. The van der Waals surface area contributed by atoms with Gasteiger partial charge in [-0.1, -0.05) is 13.8 Å². The van der Waals surface area contributed by atoms with Gasteiger partial charge in [0.2, 0.25) is 0 Å². The van der Waals surface area contributed by atoms with Gasteiger partial charge in [0.1, 0.15) is 5.69 Å². The third-order valence-electron chi connectivity index (χ3n) is 3.20. The van der Waals surface area contributed by atoms with E-state index in [1.807, 2.05) is 6.92 Å². The second kappa shape index (κ2) is 7.65. The van der Waals surface area contributed by atoms with Crippen LogP contribution in [0.5, 0.6) is 0 Å². The van der Waals surface area contributed by atoms with Gasteiger partial charge in [-0.25, -0.2) is 0 Å². The number of nitrogens with zero attached hydrogens (tertiary/aromatic N) is 3. The molecular weight excluding hydrogens is 308 g/mol. The lowest BCUT2D eigenvalue weighted by Gasteiger charge is -2.17. The highest BCUT2D eigenvalue weighted by atomic mass is 79.9. The predicted molar refractivity (Wildman–Crippen MR) is 80.4 cm³/mol. The van der Waals surface area contributed by atoms with E-state index < -0.39 is 0 Å². The Morgan fingerprint density at radius 2 is 2.05 bits per heavy atom. The van der Waals surface area contributed by atoms with E-state index in [2.05, 4.69) is 45.1 Å². The van der Waals surface area contributed by atoms with Crippen LogP contribution in [0.2, 0.25) is 0 Å². The van der Waals surface area contributed by atoms with E-state index in [-0.39, 0.29) is 5.91 Å². The monoisotopic (exact) mass is 330 g/mol. The first-order valence-electron chi connectivity index (χ1n) is 6.70. The third-order valence-corrected chi connectivity index (χ3v) is 4.14. The second-order valence-electron chi connectivity index (χ2n) is 4.51. The lowest BCUT2D eigenvalue weighted by atomic mass is 10.3. The maximum absolute atomic E-state index is 12.1. The zero-order valence-electron chi connectivity index (χ0n) is 12.2. The van der Waals surface area contributed by atoms with Crippen molar-refractivity contribution in [2.75, 3.05) is 26.2 Å². The Hall–Kier alpha value is -0.880. The van der Waals surface area contributed by atoms with Crippen molar-refractivity contribution < 1.29 is 4.79 Å². The fraction of sp³-hybridized carbons (Fsp3) is 0.692. The minimum Gasteiger partial charge on any atom is -0.351 e. The maximum Gasteiger partial charge on any atom is 0.270 e. The van der Waals surface area contributed by atoms with Gasteiger partial charge in [0, 0.05) is 13.6 Å². The molecule has 0 bridgehead atoms. The molecule has 0 radical (unpaired) electrons. The predicted octanol–water partition coefficient (Wildman–Crippen LogP) is 1.95. The molecule has 6 heteroatoms. The number of nitrogens with one attached hydrogen (secondary N) is 1. The summed E-state index contributed by atoms with van der Waals surface area (Å²) in [6.45, 7) is 9.98. The summed E-state index contributed by atoms with van der Waals surface area (Å²) in [4.78, 5) is 14.4. The first-order chi connectivity index (χ1) is 9.01. The first-order valence-corrected chi connectivity index (χ1v) is 7.50. The minimum absolute atomic E-state index is 0.0745. The average Bonchev–Trinajstić information content (AvgIpc) is 2.63. The molecule has 0 aromatic carbocycles. The van der Waals surface area contributed by atoms with Gasteiger partial charge in [-0.05, 0) is 48.9 Å². The topological polar surface area (TPSA) is 50.2 Å². The molecule has 1 amide bonds. The van der Waals surface area contributed by atoms with E-state index in [1.165, 1.54) is 0 Å². The summed E-state index contributed by atoms with van der Waals surface area (Å²) in [6, 6.07) is 0. The van der Waals surface area contributed by atoms with Crippen molar-refractivity contribution in [3.8, 4) is 0 Å². The summed E-state index contributed by atoms with van der Waals surface area (Å²) in [5, 5.41) is 7.16. The van der Waals surface area contributed by atoms with E-state index in [0.717, 1.165) is 36.2 Å². The van der Waals surface area contributed by atoms with Crippen LogP contribution in [0.3, 0.4) is 0 Å². The van der Waals surface area contributed by atoms with Gasteiger partial charge >= 0.3 is 0 Å². The molecule has 0 aliphatic carbocycles. The summed E-state index contributed by atoms with van der Waals surface area (Å²) < 4.78 is 2.38. The fourth-order valence-electron chi connectivity index (χ4n) is 2.01. The van der Waals surface area contributed by atoms with Crippen molar-refractivity contribution in [2.45, 2.75) is 27.2 Å². The van der Waals surface area contributed by atoms with Gasteiger partial charge in [0.25, 0.3) is 5.91 Å². The van der Waals surface area contributed by atoms with E-state index in [0.29, 0.717) is 12.2 Å². The van der Waals surface area contributed by atoms with Gasteiger partial charge in [-0.3, -0.25) is 9.48 Å². The van der Waals surface area contributed by atoms with Gasteiger partial charge in [-0.2, -0.15) is 5.10 Å². The highest BCUT2D eigenvalue weighted by molar-refractivity contribution is 9.10. The largest absolute Gasteiger partial charge is 0.351 e. The Bertz CT molecular complexity index is 427. The summed E-state index contributed by atoms with van der Waals surface area (Å²) >= 11 is 3.40. The zero-order chi connectivity index (χ0) is 14.4. The van der Waals surface area contributed by atoms with Crippen LogP contribution in [-0.4, -0.2) is 46.8 Å². The van der Waals surface area contributed by atoms with Gasteiger partial charge in [0.05, 0.1) is 10.2 Å². The lowest BCUT2D eigenvalue weighted by Crippen LogP contribution is -2.31. The first kappa shape index (κ1) is 16.2. The molecule has 0 fully saturated rings. The van der Waals surface area contributed by atoms with Crippen LogP contribution in [0, 0.1) is 6.92 Å². The Labute approximate surface area is 123 Å². The molecule has 1 N–H and O–H groups in total. The normalized spacial score (nSPS) is 11.1. The Morgan fingerprint density at radius 3 is 2.53 bits per heavy atom. The molecule has 1 aromatic rings. The maximum atomic E-state index is 12.1. The molecular formula is C13H23BrN4O. The number of hydrogen-bond donors (Lipinski definition) is 1. The molecule has 0 saturated carbocycles. The number of aryl methyl sites for hydroxylation is 2. The van der Waals surface area contributed by atoms with E-state index >= 15 is 0 Å². The summed E-state index contributed by atoms with van der Waals surface area (Å²) in [7, 11) is 1.78. The number of amides is 1. The van der Waals surface area contributed by atoms with Crippen molar-refractivity contribution in [2.24, 2.45) is 7.05 Å². The average molecular weight is 331 g/mol. The number of carbonyl (C=O) groups excluding carboxylic acids is 1. The number of aromatic nitrogens is 2. The number of hydrogen-bond acceptors (Lipinski definition) is 3. The summed E-state index contributed by atoms with van der Waals surface area (Å²) in [6.07, 6.45) is 0.960. The quantitative estimate of drug-likeness (QED) is 0.777. The molecule has 0 aliphatic heterocycles. The van der Waals surface area contributed by atoms with Crippen molar-refractivity contribution >= 4 is 21.8 Å². The molecule has 0 aliphatic rings. The van der Waals surface area contributed by atoms with Gasteiger partial charge in [0.15, 0.2) is 0 Å². The highest BCUT2D eigenvalue weighted by Gasteiger charge is 2.17. The fourth-order valence-corrected chi connectivity index (χ4v) is 2.52. The van der Waals surface area contributed by atoms with Gasteiger partial charge in [-0.15, -0.1) is 0 Å². The number of carbonyl (C=O) groups is 1. The van der Waals surface area contributed by atoms with Crippen molar-refractivity contribution in [3.05, 3.63) is 15.9 Å². The number of rotatable bonds is 7. The molecule has 108 valence electrons. The van der Waals surface area contributed by atoms with Crippen LogP contribution >= 0.6 is 15.9 Å². The van der Waals surface area contributed by atoms with Crippen LogP contribution in [0.1, 0.15) is 36.5 Å². The molecule has 1 rings (SSSR count). The van der Waals surface area contributed by atoms with Crippen LogP contribution in [0.4, 0.5) is 0 Å². The van der Waals surface area contributed by atoms with Crippen molar-refractivity contribution in [1.82, 2.24) is 20.0 Å². The third kappa shape index (κ3) is 4.31. The minimum atomic E-state index is -0.0745. The van der Waals surface area contributed by atoms with E-state index in [1.54, 1.807) is 11.7 Å². The van der Waals surface area contributed by atoms with Crippen LogP contribution in [0.25, 0.3) is 0 Å². The molecule has 0 atom stereocenters. The molecule has 0 spiro atoms. The molecule has 1 aromatic heterocycles. The van der Waals surface area contributed by atoms with Crippen LogP contribution in [0.15, 0.2) is 4.47 Å². The molecule has 1 heterocycles. The molecule has 5 nitrogen and oxygen atoms in total. The molecule has 0 saturated heterocycles. The summed E-state index contributed by atoms with van der Waals surface area (Å²) in [5.41, 5.74) is 1.41. The van der Waals surface area contributed by atoms with Crippen molar-refractivity contribution in [1.29, 1.82) is 0 Å². The van der Waals surface area contributed by atoms with Crippen LogP contribution < -0.4 is 5.32 Å². The number of halogens is 1. The van der Waals surface area contributed by atoms with Crippen LogP contribution in [-0.2, 0) is 7.05 Å². The van der Waals surface area contributed by atoms with Crippen molar-refractivity contribution in [3.63, 3.8) is 0 Å². The smallest absolute Gasteiger partial charge is 0.270 e. The Kier molecular flexibility index (Phi) is 6.51. The van der Waals surface area contributed by atoms with E-state index in [4.69, 9.17) is 0 Å². The second-order valence-corrected chi connectivity index (χ2v) is 5.30. The summed E-state index contributed by atoms with van der Waals surface area (Å²) in [5.74, 6) is -0.0745. The Morgan fingerprint density at radius 1 is 1.42 bits per heavy atom. The SMILES string of the molecule is CCN(CC)CCCNC(=O)c1c(Br)c(C)nn1C.